The summed E-state index contributed by atoms with van der Waals surface area (Å²) in [5.41, 5.74) is 8.96. The van der Waals surface area contributed by atoms with Gasteiger partial charge in [0, 0.05) is 23.5 Å². The number of ether oxygens (including phenoxy) is 2. The highest BCUT2D eigenvalue weighted by Gasteiger charge is 2.63. The quantitative estimate of drug-likeness (QED) is 0.234. The van der Waals surface area contributed by atoms with Crippen LogP contribution in [0.2, 0.25) is 0 Å². The molecule has 0 radical (unpaired) electrons. The van der Waals surface area contributed by atoms with Crippen molar-refractivity contribution in [2.24, 2.45) is 5.73 Å². The van der Waals surface area contributed by atoms with E-state index in [0.29, 0.717) is 28.9 Å². The van der Waals surface area contributed by atoms with Crippen molar-refractivity contribution in [3.05, 3.63) is 84.2 Å². The first-order valence-corrected chi connectivity index (χ1v) is 10.5. The summed E-state index contributed by atoms with van der Waals surface area (Å²) in [6.45, 7) is 9.88. The van der Waals surface area contributed by atoms with E-state index in [9.17, 15) is 13.6 Å². The Balaban J connectivity index is 2.30. The number of hydrogen-bond donors (Lipinski definition) is 1. The summed E-state index contributed by atoms with van der Waals surface area (Å²) in [5.74, 6) is -6.35. The van der Waals surface area contributed by atoms with Gasteiger partial charge in [-0.3, -0.25) is 0 Å². The van der Waals surface area contributed by atoms with Crippen molar-refractivity contribution in [2.45, 2.75) is 24.2 Å². The summed E-state index contributed by atoms with van der Waals surface area (Å²) in [4.78, 5) is 7.59. The smallest absolute Gasteiger partial charge is 0.419 e. The molecule has 3 rings (SSSR count). The largest absolute Gasteiger partial charge is 0.464 e. The van der Waals surface area contributed by atoms with E-state index in [0.717, 1.165) is 12.7 Å². The van der Waals surface area contributed by atoms with E-state index in [1.165, 1.54) is 12.1 Å². The van der Waals surface area contributed by atoms with Gasteiger partial charge in [0.25, 0.3) is 0 Å². The Labute approximate surface area is 197 Å². The Bertz CT molecular complexity index is 1240. The highest BCUT2D eigenvalue weighted by atomic mass is 79.9. The molecule has 0 aliphatic carbocycles. The van der Waals surface area contributed by atoms with E-state index >= 15 is 4.39 Å². The van der Waals surface area contributed by atoms with Crippen LogP contribution >= 0.6 is 15.9 Å². The van der Waals surface area contributed by atoms with Gasteiger partial charge in [0.15, 0.2) is 0 Å². The zero-order chi connectivity index (χ0) is 24.6. The van der Waals surface area contributed by atoms with Gasteiger partial charge in [-0.25, -0.2) is 4.79 Å². The molecule has 0 aliphatic heterocycles. The van der Waals surface area contributed by atoms with Crippen LogP contribution in [0.1, 0.15) is 16.8 Å². The summed E-state index contributed by atoms with van der Waals surface area (Å²) < 4.78 is 54.7. The fraction of sp³-hybridized carbons (Fsp3) is 0.208. The van der Waals surface area contributed by atoms with Crippen LogP contribution < -0.4 is 10.5 Å². The van der Waals surface area contributed by atoms with E-state index in [1.54, 1.807) is 13.0 Å². The van der Waals surface area contributed by atoms with Crippen LogP contribution in [0, 0.1) is 6.92 Å². The van der Waals surface area contributed by atoms with Gasteiger partial charge in [-0.15, -0.1) is 0 Å². The second-order valence-electron chi connectivity index (χ2n) is 7.37. The third-order valence-corrected chi connectivity index (χ3v) is 5.76. The molecule has 1 atom stereocenters. The standard InChI is InChI=1S/C24H22BrF3N2O3/c1-14(15(2)29)20-16(3)30(13-17-9-6-5-7-10-17)18-11-8-12-19(21(18)20)33-23(26,22(31)32-4)24(25,27)28/h5-12H,1-2,13,29H2,3-4H3. The monoisotopic (exact) mass is 522 g/mol. The summed E-state index contributed by atoms with van der Waals surface area (Å²) in [7, 11) is 0.783. The van der Waals surface area contributed by atoms with Gasteiger partial charge in [-0.2, -0.15) is 13.2 Å². The molecule has 5 nitrogen and oxygen atoms in total. The van der Waals surface area contributed by atoms with Crippen molar-refractivity contribution in [3.63, 3.8) is 0 Å². The van der Waals surface area contributed by atoms with Gasteiger partial charge in [0.05, 0.1) is 18.0 Å². The van der Waals surface area contributed by atoms with Crippen LogP contribution in [0.15, 0.2) is 67.4 Å². The van der Waals surface area contributed by atoms with Crippen molar-refractivity contribution in [1.29, 1.82) is 0 Å². The zero-order valence-electron chi connectivity index (χ0n) is 18.0. The molecule has 2 aromatic carbocycles. The first-order valence-electron chi connectivity index (χ1n) is 9.75. The van der Waals surface area contributed by atoms with Crippen LogP contribution in [-0.4, -0.2) is 28.3 Å². The maximum atomic E-state index is 15.3. The number of alkyl halides is 4. The maximum Gasteiger partial charge on any atom is 0.419 e. The number of methoxy groups -OCH3 is 1. The molecule has 33 heavy (non-hydrogen) atoms. The Morgan fingerprint density at radius 1 is 1.12 bits per heavy atom. The molecule has 0 fully saturated rings. The first-order chi connectivity index (χ1) is 15.4. The van der Waals surface area contributed by atoms with Crippen molar-refractivity contribution in [3.8, 4) is 5.75 Å². The molecule has 1 heterocycles. The highest BCUT2D eigenvalue weighted by molar-refractivity contribution is 9.10. The molecule has 1 unspecified atom stereocenters. The average molecular weight is 523 g/mol. The normalized spacial score (nSPS) is 13.4. The van der Waals surface area contributed by atoms with Crippen LogP contribution in [-0.2, 0) is 16.1 Å². The zero-order valence-corrected chi connectivity index (χ0v) is 19.6. The number of allylic oxidation sites excluding steroid dienone is 1. The lowest BCUT2D eigenvalue weighted by Crippen LogP contribution is -2.52. The van der Waals surface area contributed by atoms with Gasteiger partial charge in [0.1, 0.15) is 5.75 Å². The highest BCUT2D eigenvalue weighted by Crippen LogP contribution is 2.45. The van der Waals surface area contributed by atoms with Crippen LogP contribution in [0.5, 0.6) is 5.75 Å². The summed E-state index contributed by atoms with van der Waals surface area (Å²) in [6.07, 6.45) is 0. The van der Waals surface area contributed by atoms with Crippen LogP contribution in [0.3, 0.4) is 0 Å². The van der Waals surface area contributed by atoms with Gasteiger partial charge in [-0.05, 0) is 46.1 Å². The first kappa shape index (κ1) is 24.4. The molecule has 0 aliphatic rings. The van der Waals surface area contributed by atoms with E-state index in [1.807, 2.05) is 50.8 Å². The molecular formula is C24H22BrF3N2O3. The molecule has 2 N–H and O–H groups in total. The minimum absolute atomic E-state index is 0.136. The van der Waals surface area contributed by atoms with Crippen molar-refractivity contribution in [1.82, 2.24) is 4.57 Å². The Morgan fingerprint density at radius 3 is 2.30 bits per heavy atom. The Morgan fingerprint density at radius 2 is 1.76 bits per heavy atom. The van der Waals surface area contributed by atoms with E-state index in [4.69, 9.17) is 10.5 Å². The van der Waals surface area contributed by atoms with Crippen molar-refractivity contribution in [2.75, 3.05) is 7.11 Å². The summed E-state index contributed by atoms with van der Waals surface area (Å²) >= 11 is 1.91. The number of fused-ring (bicyclic) bond motifs is 1. The maximum absolute atomic E-state index is 15.3. The number of carbonyl (C=O) groups excluding carboxylic acids is 1. The molecule has 0 spiro atoms. The minimum Gasteiger partial charge on any atom is -0.464 e. The second kappa shape index (κ2) is 8.97. The molecule has 0 saturated heterocycles. The summed E-state index contributed by atoms with van der Waals surface area (Å²) in [6, 6.07) is 14.0. The SMILES string of the molecule is C=C(N)C(=C)c1c(C)n(Cc2ccccc2)c2cccc(OC(F)(C(=O)OC)C(F)(F)Br)c12. The molecule has 174 valence electrons. The molecule has 0 bridgehead atoms. The number of carbonyl (C=O) groups is 1. The second-order valence-corrected chi connectivity index (χ2v) is 8.37. The molecular weight excluding hydrogens is 501 g/mol. The number of hydrogen-bond acceptors (Lipinski definition) is 4. The van der Waals surface area contributed by atoms with E-state index in [-0.39, 0.29) is 16.8 Å². The number of rotatable bonds is 8. The molecule has 1 aromatic heterocycles. The number of benzene rings is 2. The van der Waals surface area contributed by atoms with Gasteiger partial charge < -0.3 is 19.8 Å². The topological polar surface area (TPSA) is 66.5 Å². The fourth-order valence-electron chi connectivity index (χ4n) is 3.57. The third-order valence-electron chi connectivity index (χ3n) is 5.25. The van der Waals surface area contributed by atoms with Crippen LogP contribution in [0.25, 0.3) is 16.5 Å². The predicted molar refractivity (Wildman–Crippen MR) is 125 cm³/mol. The van der Waals surface area contributed by atoms with E-state index < -0.39 is 16.7 Å². The number of nitrogens with zero attached hydrogens (tertiary/aromatic N) is 1. The predicted octanol–water partition coefficient (Wildman–Crippen LogP) is 5.69. The van der Waals surface area contributed by atoms with Gasteiger partial charge in [0.2, 0.25) is 0 Å². The van der Waals surface area contributed by atoms with Crippen LogP contribution in [0.4, 0.5) is 13.2 Å². The molecule has 0 amide bonds. The number of nitrogens with two attached hydrogens (primary N) is 1. The molecule has 9 heteroatoms. The molecule has 3 aromatic rings. The Kier molecular flexibility index (Phi) is 6.65. The van der Waals surface area contributed by atoms with Crippen molar-refractivity contribution < 1.29 is 27.4 Å². The van der Waals surface area contributed by atoms with Crippen molar-refractivity contribution >= 4 is 38.4 Å². The van der Waals surface area contributed by atoms with Gasteiger partial charge in [-0.1, -0.05) is 49.6 Å². The lowest BCUT2D eigenvalue weighted by molar-refractivity contribution is -0.213. The number of halogens is 4. The van der Waals surface area contributed by atoms with E-state index in [2.05, 4.69) is 17.9 Å². The molecule has 0 saturated carbocycles. The Hall–Kier alpha value is -3.20. The fourth-order valence-corrected chi connectivity index (χ4v) is 3.82. The third kappa shape index (κ3) is 4.37. The number of esters is 1. The lowest BCUT2D eigenvalue weighted by atomic mass is 10.0. The lowest BCUT2D eigenvalue weighted by Gasteiger charge is -2.27. The number of aromatic nitrogens is 1. The summed E-state index contributed by atoms with van der Waals surface area (Å²) in [5, 5.41) is 0.255. The van der Waals surface area contributed by atoms with Gasteiger partial charge >= 0.3 is 16.7 Å². The minimum atomic E-state index is -4.38. The average Bonchev–Trinajstić information content (AvgIpc) is 3.04.